The van der Waals surface area contributed by atoms with Crippen molar-refractivity contribution in [3.8, 4) is 5.75 Å². The predicted octanol–water partition coefficient (Wildman–Crippen LogP) is 6.26. The molecule has 0 unspecified atom stereocenters. The molecule has 1 amide bonds. The average molecular weight is 427 g/mol. The third-order valence-corrected chi connectivity index (χ3v) is 5.64. The molecular formula is C21H22Cl3NO2. The van der Waals surface area contributed by atoms with Gasteiger partial charge < -0.3 is 10.1 Å². The van der Waals surface area contributed by atoms with Crippen molar-refractivity contribution in [2.75, 3.05) is 6.61 Å². The minimum Gasteiger partial charge on any atom is -0.492 e. The highest BCUT2D eigenvalue weighted by Gasteiger charge is 2.29. The molecule has 2 aromatic carbocycles. The summed E-state index contributed by atoms with van der Waals surface area (Å²) in [4.78, 5) is 12.3. The fourth-order valence-corrected chi connectivity index (χ4v) is 4.12. The Morgan fingerprint density at radius 3 is 2.52 bits per heavy atom. The number of benzene rings is 2. The number of halogens is 3. The van der Waals surface area contributed by atoms with Gasteiger partial charge in [-0.3, -0.25) is 4.79 Å². The van der Waals surface area contributed by atoms with Crippen molar-refractivity contribution < 1.29 is 9.53 Å². The summed E-state index contributed by atoms with van der Waals surface area (Å²) in [6.45, 7) is 0.431. The van der Waals surface area contributed by atoms with Crippen LogP contribution < -0.4 is 10.1 Å². The SMILES string of the molecule is O=C(CCCOc1ccc(Cl)cc1Cl)N[C@@H]1CCC[C@@H]1c1ccc(Cl)cc1. The van der Waals surface area contributed by atoms with E-state index in [1.807, 2.05) is 12.1 Å². The maximum atomic E-state index is 12.3. The average Bonchev–Trinajstić information content (AvgIpc) is 3.09. The largest absolute Gasteiger partial charge is 0.492 e. The van der Waals surface area contributed by atoms with Gasteiger partial charge in [0.2, 0.25) is 5.91 Å². The van der Waals surface area contributed by atoms with Crippen molar-refractivity contribution >= 4 is 40.7 Å². The Balaban J connectivity index is 1.44. The van der Waals surface area contributed by atoms with E-state index in [1.54, 1.807) is 18.2 Å². The van der Waals surface area contributed by atoms with Crippen LogP contribution in [-0.2, 0) is 4.79 Å². The van der Waals surface area contributed by atoms with Gasteiger partial charge >= 0.3 is 0 Å². The minimum absolute atomic E-state index is 0.0617. The summed E-state index contributed by atoms with van der Waals surface area (Å²) in [7, 11) is 0. The Morgan fingerprint density at radius 1 is 1.04 bits per heavy atom. The topological polar surface area (TPSA) is 38.3 Å². The molecule has 1 saturated carbocycles. The zero-order valence-electron chi connectivity index (χ0n) is 14.9. The van der Waals surface area contributed by atoms with Gasteiger partial charge in [0.1, 0.15) is 5.75 Å². The van der Waals surface area contributed by atoms with Crippen LogP contribution in [0, 0.1) is 0 Å². The number of hydrogen-bond donors (Lipinski definition) is 1. The second-order valence-corrected chi connectivity index (χ2v) is 8.07. The Morgan fingerprint density at radius 2 is 1.78 bits per heavy atom. The molecule has 1 aliphatic carbocycles. The van der Waals surface area contributed by atoms with Crippen molar-refractivity contribution in [2.24, 2.45) is 0 Å². The van der Waals surface area contributed by atoms with Gasteiger partial charge in [0.05, 0.1) is 11.6 Å². The molecule has 2 atom stereocenters. The maximum absolute atomic E-state index is 12.3. The Bertz CT molecular complexity index is 779. The standard InChI is InChI=1S/C21H22Cl3NO2/c22-15-8-6-14(7-9-15)17-3-1-4-19(17)25-21(26)5-2-12-27-20-11-10-16(23)13-18(20)24/h6-11,13,17,19H,1-5,12H2,(H,25,26)/t17-,19-/m1/s1. The molecule has 3 rings (SSSR count). The van der Waals surface area contributed by atoms with E-state index in [9.17, 15) is 4.79 Å². The zero-order chi connectivity index (χ0) is 19.2. The van der Waals surface area contributed by atoms with E-state index in [0.717, 1.165) is 24.3 Å². The van der Waals surface area contributed by atoms with Crippen LogP contribution in [0.2, 0.25) is 15.1 Å². The molecule has 6 heteroatoms. The first kappa shape index (κ1) is 20.3. The first-order valence-corrected chi connectivity index (χ1v) is 10.3. The number of amides is 1. The van der Waals surface area contributed by atoms with Crippen LogP contribution in [0.25, 0.3) is 0 Å². The summed E-state index contributed by atoms with van der Waals surface area (Å²) in [6.07, 6.45) is 4.27. The van der Waals surface area contributed by atoms with Gasteiger partial charge in [0, 0.05) is 28.4 Å². The second kappa shape index (κ2) is 9.68. The number of nitrogens with one attached hydrogen (secondary N) is 1. The van der Waals surface area contributed by atoms with Crippen LogP contribution in [0.15, 0.2) is 42.5 Å². The van der Waals surface area contributed by atoms with Crippen molar-refractivity contribution in [3.63, 3.8) is 0 Å². The van der Waals surface area contributed by atoms with E-state index < -0.39 is 0 Å². The van der Waals surface area contributed by atoms with Gasteiger partial charge in [-0.15, -0.1) is 0 Å². The van der Waals surface area contributed by atoms with Gasteiger partial charge in [-0.1, -0.05) is 53.4 Å². The third kappa shape index (κ3) is 5.78. The van der Waals surface area contributed by atoms with Gasteiger partial charge in [-0.05, 0) is 55.2 Å². The molecule has 0 aliphatic heterocycles. The van der Waals surface area contributed by atoms with E-state index in [2.05, 4.69) is 17.4 Å². The fourth-order valence-electron chi connectivity index (χ4n) is 3.53. The van der Waals surface area contributed by atoms with E-state index in [-0.39, 0.29) is 11.9 Å². The van der Waals surface area contributed by atoms with E-state index >= 15 is 0 Å². The molecule has 0 spiro atoms. The van der Waals surface area contributed by atoms with Crippen LogP contribution in [-0.4, -0.2) is 18.6 Å². The van der Waals surface area contributed by atoms with Crippen molar-refractivity contribution in [1.82, 2.24) is 5.32 Å². The Hall–Kier alpha value is -1.42. The molecular weight excluding hydrogens is 405 g/mol. The van der Waals surface area contributed by atoms with Crippen LogP contribution in [0.1, 0.15) is 43.6 Å². The molecule has 144 valence electrons. The first-order chi connectivity index (χ1) is 13.0. The van der Waals surface area contributed by atoms with Gasteiger partial charge in [-0.2, -0.15) is 0 Å². The molecule has 0 aromatic heterocycles. The minimum atomic E-state index is 0.0617. The molecule has 0 saturated heterocycles. The molecule has 1 fully saturated rings. The van der Waals surface area contributed by atoms with Crippen LogP contribution in [0.3, 0.4) is 0 Å². The monoisotopic (exact) mass is 425 g/mol. The van der Waals surface area contributed by atoms with Crippen LogP contribution >= 0.6 is 34.8 Å². The van der Waals surface area contributed by atoms with Crippen LogP contribution in [0.4, 0.5) is 0 Å². The molecule has 27 heavy (non-hydrogen) atoms. The third-order valence-electron chi connectivity index (χ3n) is 4.86. The zero-order valence-corrected chi connectivity index (χ0v) is 17.2. The highest BCUT2D eigenvalue weighted by atomic mass is 35.5. The van der Waals surface area contributed by atoms with Crippen molar-refractivity contribution in [2.45, 2.75) is 44.1 Å². The molecule has 0 heterocycles. The number of rotatable bonds is 7. The van der Waals surface area contributed by atoms with Gasteiger partial charge in [0.25, 0.3) is 0 Å². The van der Waals surface area contributed by atoms with E-state index in [0.29, 0.717) is 41.2 Å². The van der Waals surface area contributed by atoms with Crippen LogP contribution in [0.5, 0.6) is 5.75 Å². The predicted molar refractivity (Wildman–Crippen MR) is 111 cm³/mol. The summed E-state index contributed by atoms with van der Waals surface area (Å²) >= 11 is 17.9. The molecule has 1 N–H and O–H groups in total. The van der Waals surface area contributed by atoms with Gasteiger partial charge in [0.15, 0.2) is 0 Å². The normalized spacial score (nSPS) is 19.1. The Labute approximate surface area is 175 Å². The first-order valence-electron chi connectivity index (χ1n) is 9.15. The number of carbonyl (C=O) groups is 1. The van der Waals surface area contributed by atoms with E-state index in [4.69, 9.17) is 39.5 Å². The molecule has 0 radical (unpaired) electrons. The second-order valence-electron chi connectivity index (χ2n) is 6.79. The number of carbonyl (C=O) groups excluding carboxylic acids is 1. The lowest BCUT2D eigenvalue weighted by Gasteiger charge is -2.21. The summed E-state index contributed by atoms with van der Waals surface area (Å²) in [5, 5.41) is 4.97. The number of hydrogen-bond acceptors (Lipinski definition) is 2. The summed E-state index contributed by atoms with van der Waals surface area (Å²) in [6, 6.07) is 13.2. The lowest BCUT2D eigenvalue weighted by atomic mass is 9.94. The summed E-state index contributed by atoms with van der Waals surface area (Å²) < 4.78 is 5.63. The van der Waals surface area contributed by atoms with Crippen molar-refractivity contribution in [3.05, 3.63) is 63.1 Å². The lowest BCUT2D eigenvalue weighted by Crippen LogP contribution is -2.36. The molecule has 2 aromatic rings. The summed E-state index contributed by atoms with van der Waals surface area (Å²) in [5.74, 6) is 1.00. The highest BCUT2D eigenvalue weighted by molar-refractivity contribution is 6.35. The van der Waals surface area contributed by atoms with E-state index in [1.165, 1.54) is 5.56 Å². The highest BCUT2D eigenvalue weighted by Crippen LogP contribution is 2.35. The molecule has 3 nitrogen and oxygen atoms in total. The summed E-state index contributed by atoms with van der Waals surface area (Å²) in [5.41, 5.74) is 1.24. The number of ether oxygens (including phenoxy) is 1. The van der Waals surface area contributed by atoms with Crippen molar-refractivity contribution in [1.29, 1.82) is 0 Å². The molecule has 0 bridgehead atoms. The maximum Gasteiger partial charge on any atom is 0.220 e. The Kier molecular flexibility index (Phi) is 7.28. The quantitative estimate of drug-likeness (QED) is 0.531. The molecule has 1 aliphatic rings. The fraction of sp³-hybridized carbons (Fsp3) is 0.381. The smallest absolute Gasteiger partial charge is 0.220 e. The van der Waals surface area contributed by atoms with Gasteiger partial charge in [-0.25, -0.2) is 0 Å². The lowest BCUT2D eigenvalue weighted by molar-refractivity contribution is -0.122.